The van der Waals surface area contributed by atoms with Crippen molar-refractivity contribution in [1.29, 1.82) is 0 Å². The van der Waals surface area contributed by atoms with Gasteiger partial charge in [-0.25, -0.2) is 0 Å². The number of nitrogens with one attached hydrogen (secondary N) is 1. The first kappa shape index (κ1) is 17.4. The fourth-order valence-corrected chi connectivity index (χ4v) is 2.78. The molecule has 0 spiro atoms. The molecule has 0 aromatic rings. The highest BCUT2D eigenvalue weighted by molar-refractivity contribution is 5.81. The Labute approximate surface area is 123 Å². The Bertz CT molecular complexity index is 286. The number of hydrogen-bond acceptors (Lipinski definition) is 4. The first-order valence-corrected chi connectivity index (χ1v) is 7.96. The zero-order valence-electron chi connectivity index (χ0n) is 13.3. The molecule has 2 unspecified atom stereocenters. The molecule has 0 aromatic heterocycles. The van der Waals surface area contributed by atoms with Gasteiger partial charge >= 0.3 is 0 Å². The molecule has 2 atom stereocenters. The number of hydrogen-bond donors (Lipinski definition) is 2. The molecule has 0 saturated carbocycles. The van der Waals surface area contributed by atoms with Crippen LogP contribution in [0.1, 0.15) is 40.0 Å². The number of aliphatic hydroxyl groups is 1. The van der Waals surface area contributed by atoms with Crippen LogP contribution in [0.5, 0.6) is 0 Å². The van der Waals surface area contributed by atoms with E-state index in [1.54, 1.807) is 0 Å². The van der Waals surface area contributed by atoms with Crippen LogP contribution in [0.4, 0.5) is 0 Å². The van der Waals surface area contributed by atoms with E-state index in [9.17, 15) is 4.79 Å². The van der Waals surface area contributed by atoms with Gasteiger partial charge < -0.3 is 10.4 Å². The second-order valence-electron chi connectivity index (χ2n) is 5.83. The van der Waals surface area contributed by atoms with Crippen LogP contribution in [-0.4, -0.2) is 72.2 Å². The second kappa shape index (κ2) is 9.32. The Balaban J connectivity index is 2.42. The monoisotopic (exact) mass is 285 g/mol. The van der Waals surface area contributed by atoms with Crippen molar-refractivity contribution in [3.05, 3.63) is 0 Å². The molecule has 0 radical (unpaired) electrons. The van der Waals surface area contributed by atoms with Crippen molar-refractivity contribution >= 4 is 5.91 Å². The van der Waals surface area contributed by atoms with Crippen molar-refractivity contribution < 1.29 is 9.90 Å². The van der Waals surface area contributed by atoms with Crippen LogP contribution in [0.3, 0.4) is 0 Å². The lowest BCUT2D eigenvalue weighted by molar-refractivity contribution is -0.126. The SMILES string of the molecule is CCCC(C)NC(=O)C(C)N1CCCN(CCO)CC1. The van der Waals surface area contributed by atoms with Crippen LogP contribution in [0.2, 0.25) is 0 Å². The van der Waals surface area contributed by atoms with E-state index in [1.165, 1.54) is 0 Å². The smallest absolute Gasteiger partial charge is 0.237 e. The molecule has 1 aliphatic heterocycles. The summed E-state index contributed by atoms with van der Waals surface area (Å²) in [5.41, 5.74) is 0. The summed E-state index contributed by atoms with van der Waals surface area (Å²) in [5.74, 6) is 0.140. The highest BCUT2D eigenvalue weighted by Crippen LogP contribution is 2.08. The van der Waals surface area contributed by atoms with Gasteiger partial charge in [-0.15, -0.1) is 0 Å². The maximum absolute atomic E-state index is 12.2. The Morgan fingerprint density at radius 3 is 2.65 bits per heavy atom. The lowest BCUT2D eigenvalue weighted by Crippen LogP contribution is -2.48. The minimum Gasteiger partial charge on any atom is -0.395 e. The summed E-state index contributed by atoms with van der Waals surface area (Å²) in [6.45, 7) is 11.0. The van der Waals surface area contributed by atoms with Crippen molar-refractivity contribution in [1.82, 2.24) is 15.1 Å². The molecular weight excluding hydrogens is 254 g/mol. The van der Waals surface area contributed by atoms with Crippen LogP contribution in [-0.2, 0) is 4.79 Å². The fraction of sp³-hybridized carbons (Fsp3) is 0.933. The summed E-state index contributed by atoms with van der Waals surface area (Å²) >= 11 is 0. The molecule has 118 valence electrons. The lowest BCUT2D eigenvalue weighted by atomic mass is 10.1. The second-order valence-corrected chi connectivity index (χ2v) is 5.83. The third kappa shape index (κ3) is 5.77. The molecule has 5 heteroatoms. The third-order valence-electron chi connectivity index (χ3n) is 4.08. The number of nitrogens with zero attached hydrogens (tertiary/aromatic N) is 2. The topological polar surface area (TPSA) is 55.8 Å². The highest BCUT2D eigenvalue weighted by atomic mass is 16.3. The van der Waals surface area contributed by atoms with Gasteiger partial charge in [0.05, 0.1) is 12.6 Å². The van der Waals surface area contributed by atoms with E-state index in [2.05, 4.69) is 29.0 Å². The van der Waals surface area contributed by atoms with E-state index in [-0.39, 0.29) is 24.6 Å². The van der Waals surface area contributed by atoms with Gasteiger partial charge in [-0.1, -0.05) is 13.3 Å². The van der Waals surface area contributed by atoms with Crippen molar-refractivity contribution in [2.24, 2.45) is 0 Å². The molecule has 0 aliphatic carbocycles. The minimum absolute atomic E-state index is 0.0663. The zero-order valence-corrected chi connectivity index (χ0v) is 13.3. The Kier molecular flexibility index (Phi) is 8.11. The molecule has 1 heterocycles. The number of rotatable bonds is 7. The zero-order chi connectivity index (χ0) is 15.0. The van der Waals surface area contributed by atoms with E-state index in [4.69, 9.17) is 5.11 Å². The average Bonchev–Trinajstić information content (AvgIpc) is 2.64. The van der Waals surface area contributed by atoms with E-state index in [0.717, 1.165) is 52.0 Å². The minimum atomic E-state index is -0.0663. The van der Waals surface area contributed by atoms with Gasteiger partial charge in [0.25, 0.3) is 0 Å². The summed E-state index contributed by atoms with van der Waals surface area (Å²) in [7, 11) is 0. The summed E-state index contributed by atoms with van der Waals surface area (Å²) in [6.07, 6.45) is 3.18. The quantitative estimate of drug-likeness (QED) is 0.722. The van der Waals surface area contributed by atoms with Crippen molar-refractivity contribution in [3.8, 4) is 0 Å². The molecular formula is C15H31N3O2. The van der Waals surface area contributed by atoms with Gasteiger partial charge in [-0.3, -0.25) is 14.6 Å². The predicted octanol–water partition coefficient (Wildman–Crippen LogP) is 0.680. The first-order chi connectivity index (χ1) is 9.58. The highest BCUT2D eigenvalue weighted by Gasteiger charge is 2.24. The standard InChI is InChI=1S/C15H31N3O2/c1-4-6-13(2)16-15(20)14(3)18-8-5-7-17(9-10-18)11-12-19/h13-14,19H,4-12H2,1-3H3,(H,16,20). The number of carbonyl (C=O) groups excluding carboxylic acids is 1. The Morgan fingerprint density at radius 2 is 2.00 bits per heavy atom. The van der Waals surface area contributed by atoms with Gasteiger partial charge in [0, 0.05) is 32.2 Å². The number of carbonyl (C=O) groups is 1. The Hall–Kier alpha value is -0.650. The molecule has 1 rings (SSSR count). The van der Waals surface area contributed by atoms with Crippen LogP contribution < -0.4 is 5.32 Å². The largest absolute Gasteiger partial charge is 0.395 e. The molecule has 2 N–H and O–H groups in total. The first-order valence-electron chi connectivity index (χ1n) is 7.96. The number of β-amino-alcohol motifs (C(OH)–C–C–N with tert-alkyl or cyclic N) is 1. The van der Waals surface area contributed by atoms with Gasteiger partial charge in [0.1, 0.15) is 0 Å². The van der Waals surface area contributed by atoms with Crippen LogP contribution >= 0.6 is 0 Å². The van der Waals surface area contributed by atoms with Crippen LogP contribution in [0.25, 0.3) is 0 Å². The van der Waals surface area contributed by atoms with Gasteiger partial charge in [0.15, 0.2) is 0 Å². The molecule has 1 aliphatic rings. The van der Waals surface area contributed by atoms with E-state index < -0.39 is 0 Å². The molecule has 1 fully saturated rings. The lowest BCUT2D eigenvalue weighted by Gasteiger charge is -2.28. The summed E-state index contributed by atoms with van der Waals surface area (Å²) in [5, 5.41) is 12.1. The maximum atomic E-state index is 12.2. The molecule has 20 heavy (non-hydrogen) atoms. The average molecular weight is 285 g/mol. The van der Waals surface area contributed by atoms with E-state index in [0.29, 0.717) is 0 Å². The van der Waals surface area contributed by atoms with Crippen molar-refractivity contribution in [2.75, 3.05) is 39.3 Å². The van der Waals surface area contributed by atoms with Gasteiger partial charge in [-0.2, -0.15) is 0 Å². The summed E-state index contributed by atoms with van der Waals surface area (Å²) < 4.78 is 0. The van der Waals surface area contributed by atoms with E-state index >= 15 is 0 Å². The van der Waals surface area contributed by atoms with Gasteiger partial charge in [-0.05, 0) is 33.2 Å². The molecule has 1 amide bonds. The summed E-state index contributed by atoms with van der Waals surface area (Å²) in [6, 6.07) is 0.191. The molecule has 5 nitrogen and oxygen atoms in total. The molecule has 0 aromatic carbocycles. The number of aliphatic hydroxyl groups excluding tert-OH is 1. The fourth-order valence-electron chi connectivity index (χ4n) is 2.78. The van der Waals surface area contributed by atoms with Crippen LogP contribution in [0, 0.1) is 0 Å². The maximum Gasteiger partial charge on any atom is 0.237 e. The van der Waals surface area contributed by atoms with Crippen molar-refractivity contribution in [3.63, 3.8) is 0 Å². The van der Waals surface area contributed by atoms with Crippen LogP contribution in [0.15, 0.2) is 0 Å². The predicted molar refractivity (Wildman–Crippen MR) is 81.7 cm³/mol. The normalized spacial score (nSPS) is 21.2. The summed E-state index contributed by atoms with van der Waals surface area (Å²) in [4.78, 5) is 16.8. The van der Waals surface area contributed by atoms with Crippen molar-refractivity contribution in [2.45, 2.75) is 52.1 Å². The Morgan fingerprint density at radius 1 is 1.25 bits per heavy atom. The number of amides is 1. The van der Waals surface area contributed by atoms with Gasteiger partial charge in [0.2, 0.25) is 5.91 Å². The molecule has 1 saturated heterocycles. The molecule has 0 bridgehead atoms. The van der Waals surface area contributed by atoms with E-state index in [1.807, 2.05) is 6.92 Å². The third-order valence-corrected chi connectivity index (χ3v) is 4.08.